The number of hydrogen-bond acceptors (Lipinski definition) is 6. The number of amides is 1. The highest BCUT2D eigenvalue weighted by molar-refractivity contribution is 5.74. The van der Waals surface area contributed by atoms with E-state index in [2.05, 4.69) is 10.0 Å². The zero-order valence-electron chi connectivity index (χ0n) is 11.4. The van der Waals surface area contributed by atoms with Crippen LogP contribution in [-0.4, -0.2) is 34.6 Å². The third-order valence-corrected chi connectivity index (χ3v) is 2.60. The van der Waals surface area contributed by atoms with Gasteiger partial charge in [0.05, 0.1) is 13.1 Å². The van der Waals surface area contributed by atoms with Crippen molar-refractivity contribution in [2.24, 2.45) is 11.0 Å². The van der Waals surface area contributed by atoms with Crippen molar-refractivity contribution in [1.82, 2.24) is 5.01 Å². The number of aromatic hydroxyl groups is 1. The molecular formula is C12H16N6O3. The SMILES string of the molecule is CC(C=N)(CN=[N+]=[N-])OC(=O)N(N)Cc1ccc(O)cc1. The van der Waals surface area contributed by atoms with Gasteiger partial charge >= 0.3 is 6.09 Å². The Labute approximate surface area is 121 Å². The number of ether oxygens (including phenoxy) is 1. The maximum atomic E-state index is 11.8. The van der Waals surface area contributed by atoms with Gasteiger partial charge in [-0.15, -0.1) is 0 Å². The molecule has 1 aromatic carbocycles. The van der Waals surface area contributed by atoms with E-state index in [0.717, 1.165) is 11.2 Å². The molecule has 1 aromatic rings. The predicted octanol–water partition coefficient (Wildman–Crippen LogP) is 1.92. The molecular weight excluding hydrogens is 276 g/mol. The molecule has 1 atom stereocenters. The molecule has 9 nitrogen and oxygen atoms in total. The largest absolute Gasteiger partial charge is 0.508 e. The first-order chi connectivity index (χ1) is 9.90. The molecule has 0 spiro atoms. The number of nitrogens with one attached hydrogen (secondary N) is 1. The predicted molar refractivity (Wildman–Crippen MR) is 75.5 cm³/mol. The Morgan fingerprint density at radius 2 is 2.24 bits per heavy atom. The standard InChI is InChI=1S/C12H16N6O3/c1-12(7-13,8-16-17-14)21-11(20)18(15)6-9-2-4-10(19)5-3-9/h2-5,7,13,19H,6,8,15H2,1H3. The number of phenols is 1. The maximum absolute atomic E-state index is 11.8. The van der Waals surface area contributed by atoms with Crippen LogP contribution in [0.1, 0.15) is 12.5 Å². The minimum absolute atomic E-state index is 0.0642. The minimum Gasteiger partial charge on any atom is -0.508 e. The lowest BCUT2D eigenvalue weighted by Gasteiger charge is -2.26. The Hall–Kier alpha value is -2.77. The van der Waals surface area contributed by atoms with Crippen LogP contribution in [0.5, 0.6) is 5.75 Å². The number of nitrogens with two attached hydrogens (primary N) is 1. The summed E-state index contributed by atoms with van der Waals surface area (Å²) in [5, 5.41) is 20.5. The van der Waals surface area contributed by atoms with Crippen LogP contribution >= 0.6 is 0 Å². The molecule has 0 aliphatic heterocycles. The van der Waals surface area contributed by atoms with E-state index in [1.54, 1.807) is 12.1 Å². The van der Waals surface area contributed by atoms with Crippen molar-refractivity contribution in [3.8, 4) is 5.75 Å². The van der Waals surface area contributed by atoms with Gasteiger partial charge in [0.15, 0.2) is 5.60 Å². The third kappa shape index (κ3) is 5.01. The fourth-order valence-corrected chi connectivity index (χ4v) is 1.40. The number of carbonyl (C=O) groups is 1. The summed E-state index contributed by atoms with van der Waals surface area (Å²) in [7, 11) is 0. The summed E-state index contributed by atoms with van der Waals surface area (Å²) < 4.78 is 5.05. The number of benzene rings is 1. The number of hydrogen-bond donors (Lipinski definition) is 3. The molecule has 0 aliphatic rings. The van der Waals surface area contributed by atoms with E-state index in [9.17, 15) is 4.79 Å². The molecule has 0 radical (unpaired) electrons. The Morgan fingerprint density at radius 3 is 2.76 bits per heavy atom. The highest BCUT2D eigenvalue weighted by Gasteiger charge is 2.27. The lowest BCUT2D eigenvalue weighted by molar-refractivity contribution is 0.0462. The first-order valence-corrected chi connectivity index (χ1v) is 5.96. The summed E-state index contributed by atoms with van der Waals surface area (Å²) in [5.74, 6) is 5.70. The molecule has 1 amide bonds. The summed E-state index contributed by atoms with van der Waals surface area (Å²) >= 11 is 0. The quantitative estimate of drug-likeness (QED) is 0.140. The van der Waals surface area contributed by atoms with Gasteiger partial charge in [0.2, 0.25) is 0 Å². The van der Waals surface area contributed by atoms with E-state index < -0.39 is 11.7 Å². The van der Waals surface area contributed by atoms with Crippen molar-refractivity contribution in [3.63, 3.8) is 0 Å². The number of carbonyl (C=O) groups excluding carboxylic acids is 1. The lowest BCUT2D eigenvalue weighted by Crippen LogP contribution is -2.44. The number of nitrogens with zero attached hydrogens (tertiary/aromatic N) is 4. The average Bonchev–Trinajstić information content (AvgIpc) is 2.47. The van der Waals surface area contributed by atoms with Crippen LogP contribution in [0.25, 0.3) is 10.4 Å². The van der Waals surface area contributed by atoms with Gasteiger partial charge in [0, 0.05) is 11.1 Å². The van der Waals surface area contributed by atoms with Crippen molar-refractivity contribution < 1.29 is 14.6 Å². The first kappa shape index (κ1) is 16.3. The molecule has 1 rings (SSSR count). The Morgan fingerprint density at radius 1 is 1.62 bits per heavy atom. The van der Waals surface area contributed by atoms with E-state index in [4.69, 9.17) is 26.6 Å². The Bertz CT molecular complexity index is 555. The fourth-order valence-electron chi connectivity index (χ4n) is 1.40. The third-order valence-electron chi connectivity index (χ3n) is 2.60. The van der Waals surface area contributed by atoms with Gasteiger partial charge < -0.3 is 15.3 Å². The molecule has 0 fully saturated rings. The van der Waals surface area contributed by atoms with Gasteiger partial charge in [-0.25, -0.2) is 15.6 Å². The summed E-state index contributed by atoms with van der Waals surface area (Å²) in [5.41, 5.74) is 7.61. The monoisotopic (exact) mass is 292 g/mol. The van der Waals surface area contributed by atoms with E-state index in [-0.39, 0.29) is 18.8 Å². The zero-order valence-corrected chi connectivity index (χ0v) is 11.4. The second-order valence-electron chi connectivity index (χ2n) is 4.51. The summed E-state index contributed by atoms with van der Waals surface area (Å²) in [6.07, 6.45) is 0.00996. The summed E-state index contributed by atoms with van der Waals surface area (Å²) in [6, 6.07) is 6.16. The van der Waals surface area contributed by atoms with Gasteiger partial charge in [0.1, 0.15) is 5.75 Å². The number of rotatable bonds is 6. The topological polar surface area (TPSA) is 148 Å². The second-order valence-corrected chi connectivity index (χ2v) is 4.51. The highest BCUT2D eigenvalue weighted by atomic mass is 16.6. The molecule has 9 heteroatoms. The number of hydrazine groups is 1. The molecule has 112 valence electrons. The lowest BCUT2D eigenvalue weighted by atomic mass is 10.1. The molecule has 0 bridgehead atoms. The van der Waals surface area contributed by atoms with Crippen molar-refractivity contribution >= 4 is 12.3 Å². The van der Waals surface area contributed by atoms with Crippen molar-refractivity contribution in [2.45, 2.75) is 19.1 Å². The minimum atomic E-state index is -1.35. The van der Waals surface area contributed by atoms with E-state index in [1.165, 1.54) is 19.1 Å². The molecule has 4 N–H and O–H groups in total. The van der Waals surface area contributed by atoms with E-state index in [0.29, 0.717) is 5.56 Å². The van der Waals surface area contributed by atoms with Gasteiger partial charge in [-0.1, -0.05) is 17.2 Å². The Balaban J connectivity index is 2.67. The van der Waals surface area contributed by atoms with Crippen LogP contribution in [-0.2, 0) is 11.3 Å². The average molecular weight is 292 g/mol. The molecule has 0 aromatic heterocycles. The molecule has 1 unspecified atom stereocenters. The van der Waals surface area contributed by atoms with Crippen molar-refractivity contribution in [3.05, 3.63) is 40.3 Å². The molecule has 0 aliphatic carbocycles. The van der Waals surface area contributed by atoms with Crippen LogP contribution < -0.4 is 5.84 Å². The van der Waals surface area contributed by atoms with Crippen molar-refractivity contribution in [2.75, 3.05) is 6.54 Å². The van der Waals surface area contributed by atoms with Crippen LogP contribution in [0.3, 0.4) is 0 Å². The van der Waals surface area contributed by atoms with E-state index >= 15 is 0 Å². The molecule has 21 heavy (non-hydrogen) atoms. The molecule has 0 saturated carbocycles. The smallest absolute Gasteiger partial charge is 0.425 e. The molecule has 0 saturated heterocycles. The fraction of sp³-hybridized carbons (Fsp3) is 0.333. The highest BCUT2D eigenvalue weighted by Crippen LogP contribution is 2.13. The van der Waals surface area contributed by atoms with Gasteiger partial charge in [0.25, 0.3) is 0 Å². The summed E-state index contributed by atoms with van der Waals surface area (Å²) in [4.78, 5) is 14.4. The van der Waals surface area contributed by atoms with Crippen LogP contribution in [0, 0.1) is 5.41 Å². The number of phenolic OH excluding ortho intramolecular Hbond substituents is 1. The van der Waals surface area contributed by atoms with Crippen molar-refractivity contribution in [1.29, 1.82) is 5.41 Å². The van der Waals surface area contributed by atoms with Gasteiger partial charge in [-0.3, -0.25) is 0 Å². The zero-order chi connectivity index (χ0) is 15.9. The number of azide groups is 1. The van der Waals surface area contributed by atoms with E-state index in [1.807, 2.05) is 0 Å². The maximum Gasteiger partial charge on any atom is 0.425 e. The first-order valence-electron chi connectivity index (χ1n) is 5.96. The summed E-state index contributed by atoms with van der Waals surface area (Å²) in [6.45, 7) is 1.29. The Kier molecular flexibility index (Phi) is 5.53. The van der Waals surface area contributed by atoms with Crippen LogP contribution in [0.15, 0.2) is 29.4 Å². The second kappa shape index (κ2) is 7.13. The normalized spacial score (nSPS) is 12.7. The van der Waals surface area contributed by atoms with Crippen LogP contribution in [0.4, 0.5) is 4.79 Å². The molecule has 0 heterocycles. The van der Waals surface area contributed by atoms with Crippen LogP contribution in [0.2, 0.25) is 0 Å². The van der Waals surface area contributed by atoms with Gasteiger partial charge in [-0.05, 0) is 30.2 Å². The van der Waals surface area contributed by atoms with Gasteiger partial charge in [-0.2, -0.15) is 0 Å².